The van der Waals surface area contributed by atoms with Crippen LogP contribution < -0.4 is 5.32 Å². The van der Waals surface area contributed by atoms with E-state index in [4.69, 9.17) is 0 Å². The highest BCUT2D eigenvalue weighted by molar-refractivity contribution is 7.17. The van der Waals surface area contributed by atoms with E-state index in [9.17, 15) is 4.79 Å². The van der Waals surface area contributed by atoms with Crippen LogP contribution in [0.2, 0.25) is 0 Å². The minimum Gasteiger partial charge on any atom is -0.347 e. The maximum absolute atomic E-state index is 11.9. The van der Waals surface area contributed by atoms with Crippen molar-refractivity contribution < 1.29 is 4.79 Å². The third-order valence-corrected chi connectivity index (χ3v) is 3.92. The van der Waals surface area contributed by atoms with Crippen molar-refractivity contribution >= 4 is 27.3 Å². The van der Waals surface area contributed by atoms with Crippen molar-refractivity contribution in [2.75, 3.05) is 0 Å². The van der Waals surface area contributed by atoms with Gasteiger partial charge < -0.3 is 5.32 Å². The molecule has 0 radical (unpaired) electrons. The van der Waals surface area contributed by atoms with Gasteiger partial charge in [0.2, 0.25) is 0 Å². The number of hydrogen-bond donors (Lipinski definition) is 1. The fraction of sp³-hybridized carbons (Fsp3) is 0.143. The molecule has 1 amide bonds. The molecule has 0 bridgehead atoms. The number of aromatic nitrogens is 2. The lowest BCUT2D eigenvalue weighted by Gasteiger charge is -2.05. The van der Waals surface area contributed by atoms with Crippen LogP contribution in [0, 0.1) is 0 Å². The highest BCUT2D eigenvalue weighted by atomic mass is 32.1. The van der Waals surface area contributed by atoms with Crippen LogP contribution in [0.5, 0.6) is 0 Å². The highest BCUT2D eigenvalue weighted by Gasteiger charge is 2.09. The molecule has 0 aliphatic heterocycles. The van der Waals surface area contributed by atoms with Gasteiger partial charge in [-0.1, -0.05) is 6.07 Å². The van der Waals surface area contributed by atoms with E-state index >= 15 is 0 Å². The topological polar surface area (TPSA) is 46.9 Å². The van der Waals surface area contributed by atoms with E-state index in [-0.39, 0.29) is 5.91 Å². The monoisotopic (exact) mass is 271 g/mol. The standard InChI is InChI=1S/C14H13N3OS/c1-17-12(4-6-16-17)14(18)15-9-10-2-3-13-11(8-10)5-7-19-13/h2-8H,9H2,1H3,(H,15,18). The Morgan fingerprint density at radius 1 is 1.37 bits per heavy atom. The molecule has 0 spiro atoms. The minimum atomic E-state index is -0.106. The van der Waals surface area contributed by atoms with Crippen LogP contribution in [0.25, 0.3) is 10.1 Å². The Bertz CT molecular complexity index is 729. The second-order valence-corrected chi connectivity index (χ2v) is 5.26. The van der Waals surface area contributed by atoms with Gasteiger partial charge in [0.15, 0.2) is 0 Å². The molecule has 0 fully saturated rings. The van der Waals surface area contributed by atoms with Gasteiger partial charge in [-0.05, 0) is 40.6 Å². The van der Waals surface area contributed by atoms with Gasteiger partial charge in [-0.15, -0.1) is 11.3 Å². The zero-order chi connectivity index (χ0) is 13.2. The van der Waals surface area contributed by atoms with Crippen molar-refractivity contribution in [3.8, 4) is 0 Å². The van der Waals surface area contributed by atoms with Gasteiger partial charge in [0.25, 0.3) is 5.91 Å². The van der Waals surface area contributed by atoms with Crippen LogP contribution in [0.15, 0.2) is 41.9 Å². The number of carbonyl (C=O) groups excluding carboxylic acids is 1. The number of fused-ring (bicyclic) bond motifs is 1. The van der Waals surface area contributed by atoms with Gasteiger partial charge in [0, 0.05) is 24.5 Å². The summed E-state index contributed by atoms with van der Waals surface area (Å²) >= 11 is 1.72. The Morgan fingerprint density at radius 2 is 2.26 bits per heavy atom. The van der Waals surface area contributed by atoms with Crippen LogP contribution in [-0.4, -0.2) is 15.7 Å². The normalized spacial score (nSPS) is 10.8. The molecule has 1 aromatic carbocycles. The van der Waals surface area contributed by atoms with Crippen LogP contribution in [0.3, 0.4) is 0 Å². The Balaban J connectivity index is 1.72. The van der Waals surface area contributed by atoms with E-state index in [1.54, 1.807) is 35.3 Å². The van der Waals surface area contributed by atoms with Crippen molar-refractivity contribution in [3.63, 3.8) is 0 Å². The number of rotatable bonds is 3. The summed E-state index contributed by atoms with van der Waals surface area (Å²) in [6.07, 6.45) is 1.62. The van der Waals surface area contributed by atoms with Crippen molar-refractivity contribution in [1.82, 2.24) is 15.1 Å². The van der Waals surface area contributed by atoms with Crippen molar-refractivity contribution in [3.05, 3.63) is 53.2 Å². The molecule has 4 nitrogen and oxygen atoms in total. The molecular formula is C14H13N3OS. The number of hydrogen-bond acceptors (Lipinski definition) is 3. The quantitative estimate of drug-likeness (QED) is 0.796. The summed E-state index contributed by atoms with van der Waals surface area (Å²) in [4.78, 5) is 11.9. The number of thiophene rings is 1. The number of amides is 1. The molecule has 0 aliphatic rings. The summed E-state index contributed by atoms with van der Waals surface area (Å²) in [7, 11) is 1.76. The van der Waals surface area contributed by atoms with E-state index < -0.39 is 0 Å². The lowest BCUT2D eigenvalue weighted by atomic mass is 10.1. The zero-order valence-corrected chi connectivity index (χ0v) is 11.3. The molecular weight excluding hydrogens is 258 g/mol. The number of benzene rings is 1. The maximum atomic E-state index is 11.9. The fourth-order valence-electron chi connectivity index (χ4n) is 2.00. The Labute approximate surface area is 114 Å². The molecule has 5 heteroatoms. The number of aryl methyl sites for hydroxylation is 1. The van der Waals surface area contributed by atoms with Crippen molar-refractivity contribution in [2.45, 2.75) is 6.54 Å². The first-order valence-electron chi connectivity index (χ1n) is 5.96. The molecule has 19 heavy (non-hydrogen) atoms. The first-order valence-corrected chi connectivity index (χ1v) is 6.84. The third-order valence-electron chi connectivity index (χ3n) is 3.02. The molecule has 1 N–H and O–H groups in total. The molecule has 0 saturated carbocycles. The third kappa shape index (κ3) is 2.37. The van der Waals surface area contributed by atoms with Gasteiger partial charge in [-0.2, -0.15) is 5.10 Å². The lowest BCUT2D eigenvalue weighted by molar-refractivity contribution is 0.0941. The molecule has 3 aromatic rings. The van der Waals surface area contributed by atoms with Gasteiger partial charge in [-0.3, -0.25) is 9.48 Å². The Hall–Kier alpha value is -2.14. The molecule has 2 heterocycles. The molecule has 0 aliphatic carbocycles. The Morgan fingerprint density at radius 3 is 3.05 bits per heavy atom. The molecule has 96 valence electrons. The highest BCUT2D eigenvalue weighted by Crippen LogP contribution is 2.21. The summed E-state index contributed by atoms with van der Waals surface area (Å²) < 4.78 is 2.83. The number of nitrogens with one attached hydrogen (secondary N) is 1. The van der Waals surface area contributed by atoms with E-state index in [1.165, 1.54) is 10.1 Å². The zero-order valence-electron chi connectivity index (χ0n) is 10.5. The summed E-state index contributed by atoms with van der Waals surface area (Å²) in [5, 5.41) is 10.2. The molecule has 3 rings (SSSR count). The second kappa shape index (κ2) is 4.85. The second-order valence-electron chi connectivity index (χ2n) is 4.32. The van der Waals surface area contributed by atoms with Crippen molar-refractivity contribution in [2.24, 2.45) is 7.05 Å². The summed E-state index contributed by atoms with van der Waals surface area (Å²) in [5.74, 6) is -0.106. The first-order chi connectivity index (χ1) is 9.24. The summed E-state index contributed by atoms with van der Waals surface area (Å²) in [5.41, 5.74) is 1.66. The van der Waals surface area contributed by atoms with E-state index in [0.29, 0.717) is 12.2 Å². The van der Waals surface area contributed by atoms with E-state index in [2.05, 4.69) is 34.0 Å². The molecule has 0 atom stereocenters. The number of nitrogens with zero attached hydrogens (tertiary/aromatic N) is 2. The summed E-state index contributed by atoms with van der Waals surface area (Å²) in [6, 6.07) is 10.0. The van der Waals surface area contributed by atoms with E-state index in [1.807, 2.05) is 6.07 Å². The maximum Gasteiger partial charge on any atom is 0.269 e. The first kappa shape index (κ1) is 11.9. The van der Waals surface area contributed by atoms with Crippen LogP contribution in [0.4, 0.5) is 0 Å². The van der Waals surface area contributed by atoms with E-state index in [0.717, 1.165) is 5.56 Å². The number of carbonyl (C=O) groups is 1. The van der Waals surface area contributed by atoms with Crippen LogP contribution in [0.1, 0.15) is 16.1 Å². The lowest BCUT2D eigenvalue weighted by Crippen LogP contribution is -2.25. The Kier molecular flexibility index (Phi) is 3.05. The fourth-order valence-corrected chi connectivity index (χ4v) is 2.77. The molecule has 2 aromatic heterocycles. The van der Waals surface area contributed by atoms with Crippen LogP contribution >= 0.6 is 11.3 Å². The molecule has 0 saturated heterocycles. The van der Waals surface area contributed by atoms with Gasteiger partial charge in [0.1, 0.15) is 5.69 Å². The SMILES string of the molecule is Cn1nccc1C(=O)NCc1ccc2sccc2c1. The minimum absolute atomic E-state index is 0.106. The predicted molar refractivity (Wildman–Crippen MR) is 76.2 cm³/mol. The average molecular weight is 271 g/mol. The van der Waals surface area contributed by atoms with Gasteiger partial charge in [0.05, 0.1) is 0 Å². The van der Waals surface area contributed by atoms with Gasteiger partial charge >= 0.3 is 0 Å². The van der Waals surface area contributed by atoms with Crippen LogP contribution in [-0.2, 0) is 13.6 Å². The van der Waals surface area contributed by atoms with Crippen molar-refractivity contribution in [1.29, 1.82) is 0 Å². The van der Waals surface area contributed by atoms with Gasteiger partial charge in [-0.25, -0.2) is 0 Å². The smallest absolute Gasteiger partial charge is 0.269 e. The molecule has 0 unspecified atom stereocenters. The predicted octanol–water partition coefficient (Wildman–Crippen LogP) is 2.56. The largest absolute Gasteiger partial charge is 0.347 e. The average Bonchev–Trinajstić information content (AvgIpc) is 3.03. The summed E-state index contributed by atoms with van der Waals surface area (Å²) in [6.45, 7) is 0.524.